The molecule has 3 N–H and O–H groups in total. The molecule has 0 atom stereocenters. The van der Waals surface area contributed by atoms with Gasteiger partial charge >= 0.3 is 0 Å². The number of amides is 1. The van der Waals surface area contributed by atoms with Gasteiger partial charge in [0.15, 0.2) is 0 Å². The van der Waals surface area contributed by atoms with Crippen LogP contribution in [0, 0.1) is 10.1 Å². The Morgan fingerprint density at radius 2 is 2.10 bits per heavy atom. The van der Waals surface area contributed by atoms with Gasteiger partial charge in [-0.15, -0.1) is 0 Å². The summed E-state index contributed by atoms with van der Waals surface area (Å²) >= 11 is 0. The minimum atomic E-state index is -0.518. The van der Waals surface area contributed by atoms with Crippen molar-refractivity contribution < 1.29 is 14.5 Å². The van der Waals surface area contributed by atoms with Crippen LogP contribution in [0.4, 0.5) is 17.3 Å². The second-order valence-corrected chi connectivity index (χ2v) is 7.32. The molecular formula is C20H26N6O5. The molecule has 1 aromatic carbocycles. The highest BCUT2D eigenvalue weighted by Crippen LogP contribution is 2.29. The summed E-state index contributed by atoms with van der Waals surface area (Å²) in [4.78, 5) is 43.6. The average Bonchev–Trinajstić information content (AvgIpc) is 2.74. The highest BCUT2D eigenvalue weighted by Gasteiger charge is 2.22. The van der Waals surface area contributed by atoms with Crippen molar-refractivity contribution in [2.75, 3.05) is 37.4 Å². The molecule has 31 heavy (non-hydrogen) atoms. The molecule has 2 heterocycles. The second-order valence-electron chi connectivity index (χ2n) is 7.32. The van der Waals surface area contributed by atoms with Crippen LogP contribution in [0.3, 0.4) is 0 Å². The maximum absolute atomic E-state index is 12.4. The molecule has 11 heteroatoms. The lowest BCUT2D eigenvalue weighted by atomic mass is 10.1. The largest absolute Gasteiger partial charge is 0.494 e. The zero-order chi connectivity index (χ0) is 22.4. The summed E-state index contributed by atoms with van der Waals surface area (Å²) < 4.78 is 5.15. The van der Waals surface area contributed by atoms with E-state index >= 15 is 0 Å². The summed E-state index contributed by atoms with van der Waals surface area (Å²) in [6, 6.07) is 5.71. The first-order valence-electron chi connectivity index (χ1n) is 10.1. The Kier molecular flexibility index (Phi) is 7.19. The van der Waals surface area contributed by atoms with E-state index in [1.54, 1.807) is 0 Å². The van der Waals surface area contributed by atoms with Gasteiger partial charge in [-0.05, 0) is 25.3 Å². The van der Waals surface area contributed by atoms with Crippen LogP contribution in [0.2, 0.25) is 0 Å². The van der Waals surface area contributed by atoms with Gasteiger partial charge in [0.1, 0.15) is 5.75 Å². The van der Waals surface area contributed by atoms with Crippen LogP contribution in [0.1, 0.15) is 25.5 Å². The van der Waals surface area contributed by atoms with Gasteiger partial charge in [-0.2, -0.15) is 0 Å². The van der Waals surface area contributed by atoms with Gasteiger partial charge in [-0.1, -0.05) is 6.92 Å². The molecule has 0 radical (unpaired) electrons. The molecular weight excluding hydrogens is 404 g/mol. The number of hydrogen-bond acceptors (Lipinski definition) is 8. The van der Waals surface area contributed by atoms with E-state index in [4.69, 9.17) is 4.74 Å². The first-order chi connectivity index (χ1) is 14.9. The highest BCUT2D eigenvalue weighted by atomic mass is 16.6. The van der Waals surface area contributed by atoms with Crippen LogP contribution in [0.5, 0.6) is 5.75 Å². The Bertz CT molecular complexity index is 1000. The minimum absolute atomic E-state index is 0.107. The Morgan fingerprint density at radius 1 is 1.35 bits per heavy atom. The molecule has 1 fully saturated rings. The number of H-pyrrole nitrogens is 1. The van der Waals surface area contributed by atoms with Crippen molar-refractivity contribution in [1.82, 2.24) is 14.9 Å². The number of rotatable bonds is 8. The summed E-state index contributed by atoms with van der Waals surface area (Å²) in [6.07, 6.45) is 2.29. The quantitative estimate of drug-likeness (QED) is 0.425. The smallest absolute Gasteiger partial charge is 0.273 e. The van der Waals surface area contributed by atoms with E-state index in [0.29, 0.717) is 31.1 Å². The van der Waals surface area contributed by atoms with Crippen molar-refractivity contribution in [2.24, 2.45) is 0 Å². The number of hydrogen-bond donors (Lipinski definition) is 3. The van der Waals surface area contributed by atoms with Crippen molar-refractivity contribution in [3.8, 4) is 5.75 Å². The van der Waals surface area contributed by atoms with Crippen molar-refractivity contribution in [3.63, 3.8) is 0 Å². The maximum Gasteiger partial charge on any atom is 0.273 e. The normalized spacial score (nSPS) is 14.8. The summed E-state index contributed by atoms with van der Waals surface area (Å²) in [5.74, 6) is 0.493. The lowest BCUT2D eigenvalue weighted by Gasteiger charge is -2.32. The summed E-state index contributed by atoms with van der Waals surface area (Å²) in [5, 5.41) is 16.9. The molecule has 2 aromatic rings. The Hall–Kier alpha value is -3.47. The first-order valence-corrected chi connectivity index (χ1v) is 10.1. The van der Waals surface area contributed by atoms with Gasteiger partial charge in [0.05, 0.1) is 30.3 Å². The van der Waals surface area contributed by atoms with Crippen molar-refractivity contribution in [3.05, 3.63) is 50.4 Å². The third kappa shape index (κ3) is 6.01. The molecule has 0 spiro atoms. The lowest BCUT2D eigenvalue weighted by Crippen LogP contribution is -2.43. The number of piperidine rings is 1. The number of carbonyl (C=O) groups excluding carboxylic acids is 1. The SMILES string of the molecule is CCc1cc(=O)[nH]c(NC2CCN(CC(=O)Nc3ccc([N+](=O)[O-])cc3OC)CC2)n1. The lowest BCUT2D eigenvalue weighted by molar-refractivity contribution is -0.384. The predicted molar refractivity (Wildman–Crippen MR) is 116 cm³/mol. The van der Waals surface area contributed by atoms with Crippen LogP contribution in [0.15, 0.2) is 29.1 Å². The number of carbonyl (C=O) groups is 1. The van der Waals surface area contributed by atoms with E-state index in [0.717, 1.165) is 18.5 Å². The fraction of sp³-hybridized carbons (Fsp3) is 0.450. The number of methoxy groups -OCH3 is 1. The van der Waals surface area contributed by atoms with E-state index in [9.17, 15) is 19.7 Å². The average molecular weight is 430 g/mol. The molecule has 0 aliphatic carbocycles. The van der Waals surface area contributed by atoms with Crippen molar-refractivity contribution >= 4 is 23.2 Å². The topological polar surface area (TPSA) is 142 Å². The molecule has 166 valence electrons. The summed E-state index contributed by atoms with van der Waals surface area (Å²) in [6.45, 7) is 3.56. The number of likely N-dealkylation sites (tertiary alicyclic amines) is 1. The fourth-order valence-electron chi connectivity index (χ4n) is 3.48. The van der Waals surface area contributed by atoms with E-state index < -0.39 is 4.92 Å². The van der Waals surface area contributed by atoms with Crippen LogP contribution in [0.25, 0.3) is 0 Å². The number of nitro groups is 1. The zero-order valence-electron chi connectivity index (χ0n) is 17.5. The number of benzene rings is 1. The van der Waals surface area contributed by atoms with Crippen LogP contribution >= 0.6 is 0 Å². The molecule has 0 bridgehead atoms. The third-order valence-electron chi connectivity index (χ3n) is 5.12. The molecule has 0 unspecified atom stereocenters. The molecule has 3 rings (SSSR count). The second kappa shape index (κ2) is 10.0. The zero-order valence-corrected chi connectivity index (χ0v) is 17.5. The third-order valence-corrected chi connectivity index (χ3v) is 5.12. The fourth-order valence-corrected chi connectivity index (χ4v) is 3.48. The Labute approximate surface area is 179 Å². The number of nitro benzene ring substituents is 1. The van der Waals surface area contributed by atoms with Gasteiger partial charge < -0.3 is 15.4 Å². The van der Waals surface area contributed by atoms with Gasteiger partial charge in [0, 0.05) is 37.0 Å². The van der Waals surface area contributed by atoms with Gasteiger partial charge in [-0.25, -0.2) is 4.98 Å². The monoisotopic (exact) mass is 430 g/mol. The number of non-ortho nitro benzene ring substituents is 1. The van der Waals surface area contributed by atoms with E-state index in [2.05, 4.69) is 20.6 Å². The predicted octanol–water partition coefficient (Wildman–Crippen LogP) is 1.76. The minimum Gasteiger partial charge on any atom is -0.494 e. The highest BCUT2D eigenvalue weighted by molar-refractivity contribution is 5.93. The molecule has 0 saturated carbocycles. The van der Waals surface area contributed by atoms with Crippen molar-refractivity contribution in [1.29, 1.82) is 0 Å². The molecule has 1 aromatic heterocycles. The first kappa shape index (κ1) is 22.2. The number of ether oxygens (including phenoxy) is 1. The molecule has 11 nitrogen and oxygen atoms in total. The summed E-state index contributed by atoms with van der Waals surface area (Å²) in [5.41, 5.74) is 0.845. The summed E-state index contributed by atoms with van der Waals surface area (Å²) in [7, 11) is 1.39. The van der Waals surface area contributed by atoms with Gasteiger partial charge in [0.25, 0.3) is 11.2 Å². The van der Waals surface area contributed by atoms with Crippen molar-refractivity contribution in [2.45, 2.75) is 32.2 Å². The maximum atomic E-state index is 12.4. The number of nitrogens with zero attached hydrogens (tertiary/aromatic N) is 3. The number of aromatic amines is 1. The van der Waals surface area contributed by atoms with Crippen LogP contribution in [-0.2, 0) is 11.2 Å². The number of aryl methyl sites for hydroxylation is 1. The standard InChI is InChI=1S/C20H26N6O5/c1-3-13-10-18(27)24-20(21-13)22-14-6-8-25(9-7-14)12-19(28)23-16-5-4-15(26(29)30)11-17(16)31-2/h4-5,10-11,14H,3,6-9,12H2,1-2H3,(H,23,28)(H2,21,22,24,27). The van der Waals surface area contributed by atoms with E-state index in [-0.39, 0.29) is 35.5 Å². The molecule has 1 amide bonds. The van der Waals surface area contributed by atoms with E-state index in [1.165, 1.54) is 31.4 Å². The molecule has 1 aliphatic heterocycles. The number of anilines is 2. The Balaban J connectivity index is 1.51. The number of nitrogens with one attached hydrogen (secondary N) is 3. The molecule has 1 aliphatic rings. The van der Waals surface area contributed by atoms with Crippen LogP contribution < -0.4 is 20.9 Å². The number of aromatic nitrogens is 2. The van der Waals surface area contributed by atoms with Gasteiger partial charge in [0.2, 0.25) is 11.9 Å². The Morgan fingerprint density at radius 3 is 2.74 bits per heavy atom. The van der Waals surface area contributed by atoms with E-state index in [1.807, 2.05) is 11.8 Å². The molecule has 1 saturated heterocycles. The van der Waals surface area contributed by atoms with Gasteiger partial charge in [-0.3, -0.25) is 29.6 Å². The van der Waals surface area contributed by atoms with Crippen LogP contribution in [-0.4, -0.2) is 58.5 Å².